The lowest BCUT2D eigenvalue weighted by Crippen LogP contribution is -2.58. The number of likely N-dealkylation sites (tertiary alicyclic amines) is 1. The highest BCUT2D eigenvalue weighted by atomic mass is 16.5. The van der Waals surface area contributed by atoms with Crippen LogP contribution in [0.4, 0.5) is 0 Å². The van der Waals surface area contributed by atoms with Crippen LogP contribution in [0.25, 0.3) is 0 Å². The molecule has 1 saturated heterocycles. The molecule has 2 aliphatic rings. The molecule has 0 spiro atoms. The van der Waals surface area contributed by atoms with E-state index < -0.39 is 0 Å². The Hall–Kier alpha value is -1.10. The number of benzene rings is 1. The number of likely N-dealkylation sites (N-methyl/N-ethyl adjacent to an activating group) is 1. The van der Waals surface area contributed by atoms with E-state index >= 15 is 0 Å². The normalized spacial score (nSPS) is 27.9. The molecule has 1 aliphatic heterocycles. The summed E-state index contributed by atoms with van der Waals surface area (Å²) >= 11 is 0. The largest absolute Gasteiger partial charge is 0.497 e. The van der Waals surface area contributed by atoms with Crippen LogP contribution in [0.2, 0.25) is 0 Å². The number of methoxy groups -OCH3 is 1. The van der Waals surface area contributed by atoms with E-state index in [4.69, 9.17) is 4.74 Å². The average Bonchev–Trinajstić information content (AvgIpc) is 2.64. The van der Waals surface area contributed by atoms with Gasteiger partial charge in [0.15, 0.2) is 0 Å². The van der Waals surface area contributed by atoms with Crippen LogP contribution in [0, 0.1) is 5.92 Å². The van der Waals surface area contributed by atoms with Gasteiger partial charge in [0.05, 0.1) is 7.11 Å². The minimum atomic E-state index is 0.287. The Morgan fingerprint density at radius 2 is 1.96 bits per heavy atom. The summed E-state index contributed by atoms with van der Waals surface area (Å²) in [5.74, 6) is 1.70. The second-order valence-corrected chi connectivity index (χ2v) is 9.18. The van der Waals surface area contributed by atoms with Gasteiger partial charge in [0.1, 0.15) is 5.75 Å². The van der Waals surface area contributed by atoms with Crippen molar-refractivity contribution in [3.63, 3.8) is 0 Å². The van der Waals surface area contributed by atoms with E-state index in [1.807, 2.05) is 0 Å². The molecule has 0 N–H and O–H groups in total. The topological polar surface area (TPSA) is 19.0 Å². The smallest absolute Gasteiger partial charge is 0.119 e. The molecule has 0 radical (unpaired) electrons. The van der Waals surface area contributed by atoms with E-state index in [2.05, 4.69) is 68.0 Å². The number of hydrogen-bond donors (Lipinski definition) is 0. The molecule has 1 heterocycles. The first kappa shape index (κ1) is 20.6. The van der Waals surface area contributed by atoms with Gasteiger partial charge in [0, 0.05) is 11.5 Å². The summed E-state index contributed by atoms with van der Waals surface area (Å²) in [4.78, 5) is 7.41. The second-order valence-electron chi connectivity index (χ2n) is 9.18. The number of piperidine rings is 1. The molecule has 1 aromatic carbocycles. The minimum Gasteiger partial charge on any atom is -0.497 e. The van der Waals surface area contributed by atoms with Crippen LogP contribution in [0.15, 0.2) is 18.2 Å². The highest BCUT2D eigenvalue weighted by Gasteiger charge is 2.50. The Labute approximate surface area is 166 Å². The summed E-state index contributed by atoms with van der Waals surface area (Å²) in [6.07, 6.45) is 4.92. The fourth-order valence-electron chi connectivity index (χ4n) is 5.43. The van der Waals surface area contributed by atoms with Crippen LogP contribution in [-0.4, -0.2) is 82.2 Å². The Balaban J connectivity index is 1.80. The zero-order valence-corrected chi connectivity index (χ0v) is 18.3. The van der Waals surface area contributed by atoms with Crippen molar-refractivity contribution in [3.05, 3.63) is 29.3 Å². The molecule has 1 unspecified atom stereocenters. The average molecular weight is 374 g/mol. The first-order valence-corrected chi connectivity index (χ1v) is 10.6. The highest BCUT2D eigenvalue weighted by Crippen LogP contribution is 2.51. The number of nitrogens with zero attached hydrogens (tertiary/aromatic N) is 3. The maximum atomic E-state index is 5.59. The van der Waals surface area contributed by atoms with Crippen LogP contribution in [0.3, 0.4) is 0 Å². The third-order valence-corrected chi connectivity index (χ3v) is 7.29. The zero-order chi connectivity index (χ0) is 19.6. The van der Waals surface area contributed by atoms with Gasteiger partial charge in [0.25, 0.3) is 0 Å². The molecule has 0 amide bonds. The van der Waals surface area contributed by atoms with Gasteiger partial charge in [-0.3, -0.25) is 0 Å². The van der Waals surface area contributed by atoms with Crippen molar-refractivity contribution in [2.75, 3.05) is 61.5 Å². The summed E-state index contributed by atoms with van der Waals surface area (Å²) in [5.41, 5.74) is 3.40. The van der Waals surface area contributed by atoms with Gasteiger partial charge in [-0.05, 0) is 109 Å². The quantitative estimate of drug-likeness (QED) is 0.697. The molecule has 0 saturated carbocycles. The molecule has 1 aliphatic carbocycles. The molecule has 0 aromatic heterocycles. The first-order valence-electron chi connectivity index (χ1n) is 10.6. The lowest BCUT2D eigenvalue weighted by atomic mass is 9.56. The molecule has 3 rings (SSSR count). The molecule has 1 aromatic rings. The standard InChI is InChI=1S/C23H39N3O/c1-18-22-16-19-8-9-20(27-6)17-21(19)23(18,11-15-26(22)5)10-14-25(4)13-7-12-24(2)3/h8-9,17-18,22H,7,10-16H2,1-6H3/t18-,22+,23?/m0/s1. The molecule has 2 bridgehead atoms. The van der Waals surface area contributed by atoms with E-state index in [1.165, 1.54) is 51.9 Å². The Morgan fingerprint density at radius 1 is 1.19 bits per heavy atom. The van der Waals surface area contributed by atoms with Crippen molar-refractivity contribution < 1.29 is 4.74 Å². The van der Waals surface area contributed by atoms with E-state index in [0.29, 0.717) is 12.0 Å². The van der Waals surface area contributed by atoms with Crippen molar-refractivity contribution in [1.82, 2.24) is 14.7 Å². The van der Waals surface area contributed by atoms with Crippen molar-refractivity contribution >= 4 is 0 Å². The van der Waals surface area contributed by atoms with Gasteiger partial charge < -0.3 is 19.4 Å². The van der Waals surface area contributed by atoms with Gasteiger partial charge in [-0.25, -0.2) is 0 Å². The van der Waals surface area contributed by atoms with E-state index in [0.717, 1.165) is 5.75 Å². The van der Waals surface area contributed by atoms with Gasteiger partial charge in [-0.1, -0.05) is 13.0 Å². The molecular formula is C23H39N3O. The summed E-state index contributed by atoms with van der Waals surface area (Å²) in [7, 11) is 10.7. The van der Waals surface area contributed by atoms with Crippen LogP contribution in [0.5, 0.6) is 5.75 Å². The summed E-state index contributed by atoms with van der Waals surface area (Å²) < 4.78 is 5.59. The monoisotopic (exact) mass is 373 g/mol. The van der Waals surface area contributed by atoms with Gasteiger partial charge in [0.2, 0.25) is 0 Å². The van der Waals surface area contributed by atoms with E-state index in [1.54, 1.807) is 18.2 Å². The van der Waals surface area contributed by atoms with Crippen LogP contribution in [0.1, 0.15) is 37.3 Å². The van der Waals surface area contributed by atoms with Crippen LogP contribution in [-0.2, 0) is 11.8 Å². The lowest BCUT2D eigenvalue weighted by Gasteiger charge is -2.55. The first-order chi connectivity index (χ1) is 12.9. The molecular weight excluding hydrogens is 334 g/mol. The van der Waals surface area contributed by atoms with Crippen molar-refractivity contribution in [2.24, 2.45) is 5.92 Å². The molecule has 27 heavy (non-hydrogen) atoms. The molecule has 4 heteroatoms. The minimum absolute atomic E-state index is 0.287. The number of hydrogen-bond acceptors (Lipinski definition) is 4. The Bertz CT molecular complexity index is 632. The van der Waals surface area contributed by atoms with Gasteiger partial charge in [-0.2, -0.15) is 0 Å². The summed E-state index contributed by atoms with van der Waals surface area (Å²) in [6, 6.07) is 7.48. The number of fused-ring (bicyclic) bond motifs is 4. The van der Waals surface area contributed by atoms with Crippen molar-refractivity contribution in [2.45, 2.75) is 44.1 Å². The van der Waals surface area contributed by atoms with Crippen molar-refractivity contribution in [3.8, 4) is 5.75 Å². The van der Waals surface area contributed by atoms with Gasteiger partial charge >= 0.3 is 0 Å². The summed E-state index contributed by atoms with van der Waals surface area (Å²) in [5, 5.41) is 0. The fraction of sp³-hybridized carbons (Fsp3) is 0.739. The SMILES string of the molecule is COc1ccc2c(c1)C1(CCN(C)CCCN(C)C)CCN(C)[C@H](C2)[C@@H]1C. The predicted molar refractivity (Wildman–Crippen MR) is 114 cm³/mol. The molecule has 152 valence electrons. The Morgan fingerprint density at radius 3 is 2.67 bits per heavy atom. The Kier molecular flexibility index (Phi) is 6.50. The third-order valence-electron chi connectivity index (χ3n) is 7.29. The van der Waals surface area contributed by atoms with Crippen LogP contribution >= 0.6 is 0 Å². The van der Waals surface area contributed by atoms with E-state index in [-0.39, 0.29) is 5.41 Å². The molecule has 1 fully saturated rings. The maximum Gasteiger partial charge on any atom is 0.119 e. The molecule has 3 atom stereocenters. The second kappa shape index (κ2) is 8.50. The number of rotatable bonds is 8. The number of ether oxygens (including phenoxy) is 1. The predicted octanol–water partition coefficient (Wildman–Crippen LogP) is 3.10. The molecule has 4 nitrogen and oxygen atoms in total. The highest BCUT2D eigenvalue weighted by molar-refractivity contribution is 5.45. The van der Waals surface area contributed by atoms with Crippen LogP contribution < -0.4 is 4.74 Å². The van der Waals surface area contributed by atoms with Crippen molar-refractivity contribution in [1.29, 1.82) is 0 Å². The third kappa shape index (κ3) is 4.18. The van der Waals surface area contributed by atoms with E-state index in [9.17, 15) is 0 Å². The zero-order valence-electron chi connectivity index (χ0n) is 18.3. The fourth-order valence-corrected chi connectivity index (χ4v) is 5.43. The van der Waals surface area contributed by atoms with Gasteiger partial charge in [-0.15, -0.1) is 0 Å². The lowest BCUT2D eigenvalue weighted by molar-refractivity contribution is 0.0311. The summed E-state index contributed by atoms with van der Waals surface area (Å²) in [6.45, 7) is 7.21. The maximum absolute atomic E-state index is 5.59.